The van der Waals surface area contributed by atoms with Gasteiger partial charge in [-0.15, -0.1) is 24.0 Å². The number of halogens is 1. The number of hydrogen-bond donors (Lipinski definition) is 2. The number of ether oxygens (including phenoxy) is 2. The van der Waals surface area contributed by atoms with E-state index in [1.54, 1.807) is 0 Å². The molecule has 4 rings (SSSR count). The van der Waals surface area contributed by atoms with Gasteiger partial charge in [0, 0.05) is 45.2 Å². The fraction of sp³-hybridized carbons (Fsp3) is 0.536. The molecule has 5 nitrogen and oxygen atoms in total. The molecule has 2 aromatic rings. The van der Waals surface area contributed by atoms with Crippen molar-refractivity contribution >= 4 is 29.9 Å². The molecule has 2 heterocycles. The van der Waals surface area contributed by atoms with Gasteiger partial charge in [-0.3, -0.25) is 4.99 Å². The third kappa shape index (κ3) is 7.18. The van der Waals surface area contributed by atoms with Crippen LogP contribution in [0.15, 0.2) is 53.5 Å². The molecular weight excluding hydrogens is 537 g/mol. The van der Waals surface area contributed by atoms with Crippen molar-refractivity contribution in [3.63, 3.8) is 0 Å². The molecule has 2 fully saturated rings. The van der Waals surface area contributed by atoms with Crippen LogP contribution in [0.1, 0.15) is 60.1 Å². The molecule has 4 unspecified atom stereocenters. The molecule has 2 N–H and O–H groups in total. The van der Waals surface area contributed by atoms with Gasteiger partial charge in [-0.2, -0.15) is 0 Å². The molecule has 0 aromatic heterocycles. The number of benzene rings is 2. The first-order chi connectivity index (χ1) is 16.1. The summed E-state index contributed by atoms with van der Waals surface area (Å²) < 4.78 is 12.4. The van der Waals surface area contributed by atoms with E-state index in [2.05, 4.69) is 78.0 Å². The molecule has 2 aliphatic heterocycles. The first-order valence-corrected chi connectivity index (χ1v) is 12.4. The summed E-state index contributed by atoms with van der Waals surface area (Å²) in [5.41, 5.74) is 5.11. The minimum absolute atomic E-state index is 0. The molecule has 0 bridgehead atoms. The van der Waals surface area contributed by atoms with Gasteiger partial charge in [0.1, 0.15) is 0 Å². The van der Waals surface area contributed by atoms with Crippen molar-refractivity contribution in [1.29, 1.82) is 0 Å². The number of nitrogens with one attached hydrogen (secondary N) is 2. The number of nitrogens with zero attached hydrogens (tertiary/aromatic N) is 1. The van der Waals surface area contributed by atoms with Crippen LogP contribution >= 0.6 is 24.0 Å². The molecule has 34 heavy (non-hydrogen) atoms. The van der Waals surface area contributed by atoms with E-state index in [1.165, 1.54) is 22.3 Å². The van der Waals surface area contributed by atoms with Crippen molar-refractivity contribution in [2.75, 3.05) is 33.4 Å². The molecule has 186 valence electrons. The van der Waals surface area contributed by atoms with Crippen LogP contribution in [0.3, 0.4) is 0 Å². The summed E-state index contributed by atoms with van der Waals surface area (Å²) in [6.07, 6.45) is 4.82. The summed E-state index contributed by atoms with van der Waals surface area (Å²) in [4.78, 5) is 4.49. The average Bonchev–Trinajstić information content (AvgIpc) is 2.86. The number of rotatable bonds is 6. The fourth-order valence-corrected chi connectivity index (χ4v) is 5.03. The maximum Gasteiger partial charge on any atom is 0.191 e. The molecule has 2 saturated heterocycles. The summed E-state index contributed by atoms with van der Waals surface area (Å²) in [5.74, 6) is 1.72. The lowest BCUT2D eigenvalue weighted by molar-refractivity contribution is -0.0275. The van der Waals surface area contributed by atoms with Crippen molar-refractivity contribution in [3.8, 4) is 0 Å². The largest absolute Gasteiger partial charge is 0.373 e. The second-order valence-electron chi connectivity index (χ2n) is 9.54. The molecule has 4 atom stereocenters. The lowest BCUT2D eigenvalue weighted by Crippen LogP contribution is -2.44. The standard InChI is InChI=1S/C28H39N3O2.HI/c1-20-8-12-22(13-9-20)26-24(6-4-16-32-26)18-30-28(29-3)31-19-25-7-5-17-33-27(25)23-14-10-21(2)11-15-23;/h8-15,24-27H,4-7,16-19H2,1-3H3,(H2,29,30,31);1H. The van der Waals surface area contributed by atoms with E-state index >= 15 is 0 Å². The van der Waals surface area contributed by atoms with Gasteiger partial charge in [-0.1, -0.05) is 59.7 Å². The minimum atomic E-state index is 0. The van der Waals surface area contributed by atoms with Crippen molar-refractivity contribution in [2.24, 2.45) is 16.8 Å². The van der Waals surface area contributed by atoms with Gasteiger partial charge >= 0.3 is 0 Å². The molecule has 0 spiro atoms. The lowest BCUT2D eigenvalue weighted by atomic mass is 9.89. The van der Waals surface area contributed by atoms with Crippen LogP contribution in [0.5, 0.6) is 0 Å². The zero-order chi connectivity index (χ0) is 23.0. The Morgan fingerprint density at radius 2 is 1.18 bits per heavy atom. The van der Waals surface area contributed by atoms with Crippen molar-refractivity contribution in [1.82, 2.24) is 10.6 Å². The van der Waals surface area contributed by atoms with Gasteiger partial charge in [0.2, 0.25) is 0 Å². The van der Waals surface area contributed by atoms with Crippen LogP contribution in [-0.2, 0) is 9.47 Å². The third-order valence-corrected chi connectivity index (χ3v) is 6.99. The maximum atomic E-state index is 6.19. The van der Waals surface area contributed by atoms with Crippen molar-refractivity contribution in [2.45, 2.75) is 51.7 Å². The maximum absolute atomic E-state index is 6.19. The highest BCUT2D eigenvalue weighted by Crippen LogP contribution is 2.34. The zero-order valence-electron chi connectivity index (χ0n) is 20.8. The molecule has 0 amide bonds. The van der Waals surface area contributed by atoms with E-state index in [9.17, 15) is 0 Å². The predicted octanol–water partition coefficient (Wildman–Crippen LogP) is 5.72. The second kappa shape index (κ2) is 13.4. The average molecular weight is 578 g/mol. The predicted molar refractivity (Wildman–Crippen MR) is 150 cm³/mol. The SMILES string of the molecule is CN=C(NCC1CCCOC1c1ccc(C)cc1)NCC1CCCOC1c1ccc(C)cc1.I. The van der Waals surface area contributed by atoms with Crippen LogP contribution in [0, 0.1) is 25.7 Å². The summed E-state index contributed by atoms with van der Waals surface area (Å²) in [6.45, 7) is 7.62. The minimum Gasteiger partial charge on any atom is -0.373 e. The highest BCUT2D eigenvalue weighted by atomic mass is 127. The van der Waals surface area contributed by atoms with Crippen LogP contribution in [-0.4, -0.2) is 39.3 Å². The molecule has 0 aliphatic carbocycles. The first kappa shape index (κ1) is 27.0. The quantitative estimate of drug-likeness (QED) is 0.262. The highest BCUT2D eigenvalue weighted by Gasteiger charge is 2.29. The van der Waals surface area contributed by atoms with Gasteiger partial charge in [0.25, 0.3) is 0 Å². The lowest BCUT2D eigenvalue weighted by Gasteiger charge is -2.34. The van der Waals surface area contributed by atoms with Crippen molar-refractivity contribution < 1.29 is 9.47 Å². The summed E-state index contributed by atoms with van der Waals surface area (Å²) in [5, 5.41) is 7.14. The number of hydrogen-bond acceptors (Lipinski definition) is 3. The second-order valence-corrected chi connectivity index (χ2v) is 9.54. The molecule has 0 saturated carbocycles. The van der Waals surface area contributed by atoms with Crippen molar-refractivity contribution in [3.05, 3.63) is 70.8 Å². The Morgan fingerprint density at radius 1 is 0.765 bits per heavy atom. The smallest absolute Gasteiger partial charge is 0.191 e. The molecular formula is C28H40IN3O2. The Morgan fingerprint density at radius 3 is 1.56 bits per heavy atom. The Labute approximate surface area is 222 Å². The number of guanidine groups is 1. The Balaban J connectivity index is 0.00000324. The monoisotopic (exact) mass is 577 g/mol. The Bertz CT molecular complexity index is 829. The van der Waals surface area contributed by atoms with E-state index in [0.717, 1.165) is 57.9 Å². The van der Waals surface area contributed by atoms with Gasteiger partial charge < -0.3 is 20.1 Å². The Hall–Kier alpha value is -1.64. The topological polar surface area (TPSA) is 54.9 Å². The fourth-order valence-electron chi connectivity index (χ4n) is 5.03. The summed E-state index contributed by atoms with van der Waals surface area (Å²) in [6, 6.07) is 17.5. The molecule has 2 aromatic carbocycles. The van der Waals surface area contributed by atoms with Crippen LogP contribution in [0.4, 0.5) is 0 Å². The van der Waals surface area contributed by atoms with Gasteiger partial charge in [0.15, 0.2) is 5.96 Å². The van der Waals surface area contributed by atoms with E-state index in [-0.39, 0.29) is 36.2 Å². The van der Waals surface area contributed by atoms with E-state index < -0.39 is 0 Å². The zero-order valence-corrected chi connectivity index (χ0v) is 23.1. The highest BCUT2D eigenvalue weighted by molar-refractivity contribution is 14.0. The molecule has 6 heteroatoms. The summed E-state index contributed by atoms with van der Waals surface area (Å²) in [7, 11) is 1.85. The molecule has 0 radical (unpaired) electrons. The Kier molecular flexibility index (Phi) is 10.7. The van der Waals surface area contributed by atoms with Gasteiger partial charge in [-0.25, -0.2) is 0 Å². The third-order valence-electron chi connectivity index (χ3n) is 6.99. The summed E-state index contributed by atoms with van der Waals surface area (Å²) >= 11 is 0. The first-order valence-electron chi connectivity index (χ1n) is 12.4. The van der Waals surface area contributed by atoms with E-state index in [0.29, 0.717) is 11.8 Å². The van der Waals surface area contributed by atoms with Crippen LogP contribution < -0.4 is 10.6 Å². The number of aliphatic imine (C=N–C) groups is 1. The molecule has 2 aliphatic rings. The van der Waals surface area contributed by atoms with E-state index in [1.807, 2.05) is 7.05 Å². The number of aryl methyl sites for hydroxylation is 2. The van der Waals surface area contributed by atoms with E-state index in [4.69, 9.17) is 9.47 Å². The van der Waals surface area contributed by atoms with Crippen LogP contribution in [0.25, 0.3) is 0 Å². The normalized spacial score (nSPS) is 24.6. The van der Waals surface area contributed by atoms with Gasteiger partial charge in [-0.05, 0) is 50.7 Å². The van der Waals surface area contributed by atoms with Gasteiger partial charge in [0.05, 0.1) is 12.2 Å². The van der Waals surface area contributed by atoms with Crippen LogP contribution in [0.2, 0.25) is 0 Å².